The Balaban J connectivity index is 1.59. The minimum absolute atomic E-state index is 0.512. The van der Waals surface area contributed by atoms with Crippen LogP contribution in [0.4, 0.5) is 11.4 Å². The van der Waals surface area contributed by atoms with Crippen LogP contribution >= 0.6 is 35.4 Å². The van der Waals surface area contributed by atoms with Crippen molar-refractivity contribution in [3.63, 3.8) is 0 Å². The topological polar surface area (TPSA) is 41.9 Å². The number of benzene rings is 2. The van der Waals surface area contributed by atoms with E-state index in [2.05, 4.69) is 34.8 Å². The molecule has 0 aliphatic carbocycles. The fraction of sp³-hybridized carbons (Fsp3) is 0.158. The van der Waals surface area contributed by atoms with E-state index in [1.807, 2.05) is 30.5 Å². The highest BCUT2D eigenvalue weighted by molar-refractivity contribution is 7.80. The summed E-state index contributed by atoms with van der Waals surface area (Å²) in [6.07, 6.45) is 4.61. The second-order valence-corrected chi connectivity index (χ2v) is 7.04. The van der Waals surface area contributed by atoms with E-state index in [0.717, 1.165) is 23.4 Å². The van der Waals surface area contributed by atoms with Crippen molar-refractivity contribution in [2.24, 2.45) is 0 Å². The Morgan fingerprint density at radius 1 is 1.08 bits per heavy atom. The summed E-state index contributed by atoms with van der Waals surface area (Å²) in [6, 6.07) is 13.6. The average Bonchev–Trinajstić information content (AvgIpc) is 3.05. The van der Waals surface area contributed by atoms with Crippen LogP contribution in [0.5, 0.6) is 0 Å². The van der Waals surface area contributed by atoms with E-state index in [0.29, 0.717) is 21.7 Å². The molecular formula is C19H18Cl2N4S. The van der Waals surface area contributed by atoms with Gasteiger partial charge in [-0.15, -0.1) is 0 Å². The van der Waals surface area contributed by atoms with Crippen LogP contribution in [0.25, 0.3) is 0 Å². The molecule has 2 aromatic carbocycles. The Morgan fingerprint density at radius 3 is 2.50 bits per heavy atom. The Bertz CT molecular complexity index is 906. The van der Waals surface area contributed by atoms with Gasteiger partial charge in [0, 0.05) is 21.9 Å². The van der Waals surface area contributed by atoms with Crippen LogP contribution in [0.1, 0.15) is 18.1 Å². The smallest absolute Gasteiger partial charge is 0.175 e. The van der Waals surface area contributed by atoms with Crippen LogP contribution in [0.3, 0.4) is 0 Å². The van der Waals surface area contributed by atoms with Gasteiger partial charge in [-0.3, -0.25) is 4.68 Å². The van der Waals surface area contributed by atoms with Crippen molar-refractivity contribution in [3.8, 4) is 0 Å². The number of halogens is 2. The molecule has 3 rings (SSSR count). The first-order chi connectivity index (χ1) is 12.5. The van der Waals surface area contributed by atoms with Crippen molar-refractivity contribution in [2.75, 3.05) is 10.6 Å². The molecule has 0 aliphatic heterocycles. The van der Waals surface area contributed by atoms with Crippen LogP contribution in [0.2, 0.25) is 10.0 Å². The molecule has 3 aromatic rings. The maximum Gasteiger partial charge on any atom is 0.175 e. The van der Waals surface area contributed by atoms with E-state index in [1.54, 1.807) is 16.9 Å². The first-order valence-corrected chi connectivity index (χ1v) is 9.33. The van der Waals surface area contributed by atoms with Gasteiger partial charge in [-0.25, -0.2) is 0 Å². The number of aryl methyl sites for hydroxylation is 1. The largest absolute Gasteiger partial charge is 0.332 e. The standard InChI is InChI=1S/C19H18Cl2N4S/c1-2-13-3-7-16(8-4-13)23-19(26)24-17-10-22-25(12-17)11-14-5-6-15(20)9-18(14)21/h3-10,12H,2,11H2,1H3,(H2,23,24,26). The summed E-state index contributed by atoms with van der Waals surface area (Å²) in [5.74, 6) is 0. The zero-order chi connectivity index (χ0) is 18.5. The molecule has 1 aromatic heterocycles. The lowest BCUT2D eigenvalue weighted by molar-refractivity contribution is 0.687. The number of hydrogen-bond donors (Lipinski definition) is 2. The molecule has 26 heavy (non-hydrogen) atoms. The Kier molecular flexibility index (Phi) is 6.14. The maximum absolute atomic E-state index is 6.21. The number of thiocarbonyl (C=S) groups is 1. The van der Waals surface area contributed by atoms with E-state index in [9.17, 15) is 0 Å². The van der Waals surface area contributed by atoms with Crippen LogP contribution in [-0.4, -0.2) is 14.9 Å². The first-order valence-electron chi connectivity index (χ1n) is 8.17. The normalized spacial score (nSPS) is 10.6. The van der Waals surface area contributed by atoms with Gasteiger partial charge in [-0.2, -0.15) is 5.10 Å². The molecule has 1 heterocycles. The molecule has 0 atom stereocenters. The molecule has 0 saturated heterocycles. The van der Waals surface area contributed by atoms with Gasteiger partial charge in [0.2, 0.25) is 0 Å². The second-order valence-electron chi connectivity index (χ2n) is 5.79. The fourth-order valence-electron chi connectivity index (χ4n) is 2.46. The average molecular weight is 405 g/mol. The third-order valence-corrected chi connectivity index (χ3v) is 4.65. The van der Waals surface area contributed by atoms with Crippen molar-refractivity contribution in [1.82, 2.24) is 9.78 Å². The van der Waals surface area contributed by atoms with Crippen LogP contribution in [0.15, 0.2) is 54.9 Å². The van der Waals surface area contributed by atoms with E-state index < -0.39 is 0 Å². The lowest BCUT2D eigenvalue weighted by Crippen LogP contribution is -2.18. The predicted molar refractivity (Wildman–Crippen MR) is 113 cm³/mol. The van der Waals surface area contributed by atoms with Crippen LogP contribution in [-0.2, 0) is 13.0 Å². The van der Waals surface area contributed by atoms with Crippen molar-refractivity contribution in [1.29, 1.82) is 0 Å². The zero-order valence-corrected chi connectivity index (χ0v) is 16.5. The van der Waals surface area contributed by atoms with Gasteiger partial charge >= 0.3 is 0 Å². The van der Waals surface area contributed by atoms with E-state index in [1.165, 1.54) is 5.56 Å². The first kappa shape index (κ1) is 18.7. The Morgan fingerprint density at radius 2 is 1.81 bits per heavy atom. The fourth-order valence-corrected chi connectivity index (χ4v) is 3.16. The zero-order valence-electron chi connectivity index (χ0n) is 14.2. The molecule has 0 spiro atoms. The molecule has 0 amide bonds. The third-order valence-electron chi connectivity index (χ3n) is 3.86. The number of hydrogen-bond acceptors (Lipinski definition) is 2. The number of nitrogens with zero attached hydrogens (tertiary/aromatic N) is 2. The van der Waals surface area contributed by atoms with Gasteiger partial charge in [0.05, 0.1) is 18.4 Å². The summed E-state index contributed by atoms with van der Waals surface area (Å²) in [4.78, 5) is 0. The van der Waals surface area contributed by atoms with Crippen LogP contribution in [0, 0.1) is 0 Å². The highest BCUT2D eigenvalue weighted by Crippen LogP contribution is 2.22. The lowest BCUT2D eigenvalue weighted by atomic mass is 10.1. The molecule has 0 saturated carbocycles. The number of rotatable bonds is 5. The van der Waals surface area contributed by atoms with E-state index in [4.69, 9.17) is 35.4 Å². The Hall–Kier alpha value is -2.08. The summed E-state index contributed by atoms with van der Waals surface area (Å²) in [5.41, 5.74) is 3.98. The molecule has 7 heteroatoms. The molecule has 0 unspecified atom stereocenters. The summed E-state index contributed by atoms with van der Waals surface area (Å²) in [5, 5.41) is 12.4. The molecule has 0 aliphatic rings. The summed E-state index contributed by atoms with van der Waals surface area (Å²) >= 11 is 17.5. The SMILES string of the molecule is CCc1ccc(NC(=S)Nc2cnn(Cc3ccc(Cl)cc3Cl)c2)cc1. The Labute approximate surface area is 168 Å². The molecule has 0 radical (unpaired) electrons. The second kappa shape index (κ2) is 8.54. The van der Waals surface area contributed by atoms with Crippen molar-refractivity contribution < 1.29 is 0 Å². The van der Waals surface area contributed by atoms with Crippen molar-refractivity contribution in [2.45, 2.75) is 19.9 Å². The monoisotopic (exact) mass is 404 g/mol. The predicted octanol–water partition coefficient (Wildman–Crippen LogP) is 5.61. The van der Waals surface area contributed by atoms with Gasteiger partial charge in [0.15, 0.2) is 5.11 Å². The highest BCUT2D eigenvalue weighted by Gasteiger charge is 2.06. The minimum atomic E-state index is 0.512. The number of nitrogens with one attached hydrogen (secondary N) is 2. The molecular weight excluding hydrogens is 387 g/mol. The number of anilines is 2. The molecule has 0 bridgehead atoms. The molecule has 4 nitrogen and oxygen atoms in total. The van der Waals surface area contributed by atoms with Gasteiger partial charge < -0.3 is 10.6 Å². The number of aromatic nitrogens is 2. The third kappa shape index (κ3) is 4.97. The summed E-state index contributed by atoms with van der Waals surface area (Å²) in [6.45, 7) is 2.68. The van der Waals surface area contributed by atoms with Crippen LogP contribution < -0.4 is 10.6 Å². The van der Waals surface area contributed by atoms with E-state index in [-0.39, 0.29) is 0 Å². The lowest BCUT2D eigenvalue weighted by Gasteiger charge is -2.09. The van der Waals surface area contributed by atoms with Gasteiger partial charge in [0.1, 0.15) is 0 Å². The summed E-state index contributed by atoms with van der Waals surface area (Å²) < 4.78 is 1.79. The highest BCUT2D eigenvalue weighted by atomic mass is 35.5. The van der Waals surface area contributed by atoms with Crippen molar-refractivity contribution in [3.05, 3.63) is 76.0 Å². The maximum atomic E-state index is 6.21. The van der Waals surface area contributed by atoms with Gasteiger partial charge in [-0.05, 0) is 54.0 Å². The van der Waals surface area contributed by atoms with Crippen molar-refractivity contribution >= 4 is 51.9 Å². The summed E-state index contributed by atoms with van der Waals surface area (Å²) in [7, 11) is 0. The molecule has 2 N–H and O–H groups in total. The van der Waals surface area contributed by atoms with E-state index >= 15 is 0 Å². The minimum Gasteiger partial charge on any atom is -0.332 e. The quantitative estimate of drug-likeness (QED) is 0.542. The molecule has 0 fully saturated rings. The van der Waals surface area contributed by atoms with Gasteiger partial charge in [0.25, 0.3) is 0 Å². The molecule has 134 valence electrons. The van der Waals surface area contributed by atoms with Gasteiger partial charge in [-0.1, -0.05) is 48.3 Å².